The molecule has 33 heavy (non-hydrogen) atoms. The normalized spacial score (nSPS) is 20.7. The number of hydrogen-bond donors (Lipinski definition) is 1. The molecule has 2 saturated heterocycles. The van der Waals surface area contributed by atoms with Gasteiger partial charge in [0.15, 0.2) is 0 Å². The second kappa shape index (κ2) is 11.0. The Labute approximate surface area is 197 Å². The third-order valence-electron chi connectivity index (χ3n) is 7.12. The Morgan fingerprint density at radius 2 is 1.76 bits per heavy atom. The van der Waals surface area contributed by atoms with Crippen LogP contribution in [-0.4, -0.2) is 56.9 Å². The fourth-order valence-electron chi connectivity index (χ4n) is 4.93. The van der Waals surface area contributed by atoms with E-state index in [4.69, 9.17) is 14.2 Å². The van der Waals surface area contributed by atoms with E-state index in [0.29, 0.717) is 38.7 Å². The third kappa shape index (κ3) is 5.68. The van der Waals surface area contributed by atoms with Crippen molar-refractivity contribution >= 4 is 11.6 Å². The van der Waals surface area contributed by atoms with Crippen LogP contribution in [0.4, 0.5) is 5.69 Å². The molecule has 4 rings (SSSR count). The molecule has 2 aromatic carbocycles. The second-order valence-corrected chi connectivity index (χ2v) is 9.13. The summed E-state index contributed by atoms with van der Waals surface area (Å²) in [6.07, 6.45) is 5.20. The van der Waals surface area contributed by atoms with Crippen molar-refractivity contribution in [3.8, 4) is 11.5 Å². The van der Waals surface area contributed by atoms with E-state index in [0.717, 1.165) is 35.8 Å². The van der Waals surface area contributed by atoms with Gasteiger partial charge in [0.05, 0.1) is 12.5 Å². The molecule has 1 atom stereocenters. The van der Waals surface area contributed by atoms with Crippen LogP contribution in [-0.2, 0) is 14.9 Å². The van der Waals surface area contributed by atoms with Crippen LogP contribution < -0.4 is 14.8 Å². The molecule has 1 N–H and O–H groups in total. The number of nitrogens with zero attached hydrogens (tertiary/aromatic N) is 1. The van der Waals surface area contributed by atoms with Crippen molar-refractivity contribution in [3.63, 3.8) is 0 Å². The molecule has 2 fully saturated rings. The first-order valence-electron chi connectivity index (χ1n) is 12.1. The number of rotatable bonds is 8. The molecule has 0 bridgehead atoms. The van der Waals surface area contributed by atoms with E-state index in [9.17, 15) is 4.79 Å². The van der Waals surface area contributed by atoms with Gasteiger partial charge in [0, 0.05) is 31.5 Å². The predicted octanol–water partition coefficient (Wildman–Crippen LogP) is 4.64. The Kier molecular flexibility index (Phi) is 7.89. The monoisotopic (exact) mass is 452 g/mol. The van der Waals surface area contributed by atoms with Crippen LogP contribution in [0.15, 0.2) is 48.5 Å². The lowest BCUT2D eigenvalue weighted by atomic mass is 9.73. The minimum absolute atomic E-state index is 0.00345. The smallest absolute Gasteiger partial charge is 0.235 e. The maximum absolute atomic E-state index is 13.5. The highest BCUT2D eigenvalue weighted by Gasteiger charge is 2.41. The molecule has 6 heteroatoms. The van der Waals surface area contributed by atoms with E-state index in [1.165, 1.54) is 19.3 Å². The van der Waals surface area contributed by atoms with Crippen molar-refractivity contribution in [3.05, 3.63) is 54.1 Å². The molecule has 2 aliphatic heterocycles. The Morgan fingerprint density at radius 1 is 1.06 bits per heavy atom. The predicted molar refractivity (Wildman–Crippen MR) is 130 cm³/mol. The van der Waals surface area contributed by atoms with Gasteiger partial charge in [0.25, 0.3) is 0 Å². The van der Waals surface area contributed by atoms with Gasteiger partial charge in [-0.05, 0) is 81.1 Å². The summed E-state index contributed by atoms with van der Waals surface area (Å²) in [5.41, 5.74) is 1.16. The molecule has 0 aromatic heterocycles. The summed E-state index contributed by atoms with van der Waals surface area (Å²) in [5.74, 6) is 1.61. The van der Waals surface area contributed by atoms with Crippen molar-refractivity contribution < 1.29 is 19.0 Å². The molecule has 0 radical (unpaired) electrons. The summed E-state index contributed by atoms with van der Waals surface area (Å²) in [6.45, 7) is 6.23. The van der Waals surface area contributed by atoms with Crippen LogP contribution in [0, 0.1) is 0 Å². The van der Waals surface area contributed by atoms with E-state index in [2.05, 4.69) is 17.1 Å². The quantitative estimate of drug-likeness (QED) is 0.633. The molecule has 2 aromatic rings. The van der Waals surface area contributed by atoms with Gasteiger partial charge in [0.2, 0.25) is 5.91 Å². The lowest BCUT2D eigenvalue weighted by molar-refractivity contribution is -0.125. The molecular weight excluding hydrogens is 416 g/mol. The first-order chi connectivity index (χ1) is 16.1. The topological polar surface area (TPSA) is 60.0 Å². The minimum Gasteiger partial charge on any atom is -0.497 e. The number of ether oxygens (including phenoxy) is 3. The summed E-state index contributed by atoms with van der Waals surface area (Å²) < 4.78 is 16.8. The van der Waals surface area contributed by atoms with Gasteiger partial charge >= 0.3 is 0 Å². The maximum Gasteiger partial charge on any atom is 0.235 e. The van der Waals surface area contributed by atoms with Crippen molar-refractivity contribution in [1.29, 1.82) is 0 Å². The van der Waals surface area contributed by atoms with E-state index in [-0.39, 0.29) is 5.91 Å². The number of nitrogens with one attached hydrogen (secondary N) is 1. The average Bonchev–Trinajstić information content (AvgIpc) is 2.86. The van der Waals surface area contributed by atoms with E-state index in [1.54, 1.807) is 7.11 Å². The minimum atomic E-state index is -0.606. The highest BCUT2D eigenvalue weighted by atomic mass is 16.5. The molecule has 0 spiro atoms. The third-order valence-corrected chi connectivity index (χ3v) is 7.12. The zero-order chi connectivity index (χ0) is 23.1. The van der Waals surface area contributed by atoms with Gasteiger partial charge in [-0.3, -0.25) is 9.69 Å². The van der Waals surface area contributed by atoms with Crippen LogP contribution in [0.1, 0.15) is 44.6 Å². The van der Waals surface area contributed by atoms with E-state index < -0.39 is 5.41 Å². The first kappa shape index (κ1) is 23.6. The number of likely N-dealkylation sites (tertiary alicyclic amines) is 1. The number of hydrogen-bond acceptors (Lipinski definition) is 5. The van der Waals surface area contributed by atoms with Crippen molar-refractivity contribution in [2.75, 3.05) is 45.3 Å². The van der Waals surface area contributed by atoms with Crippen LogP contribution in [0.3, 0.4) is 0 Å². The number of piperidine rings is 1. The lowest BCUT2D eigenvalue weighted by Crippen LogP contribution is -2.44. The molecular formula is C27H36N2O4. The van der Waals surface area contributed by atoms with E-state index >= 15 is 0 Å². The number of anilines is 1. The Balaban J connectivity index is 1.37. The molecule has 2 heterocycles. The average molecular weight is 453 g/mol. The molecule has 0 aliphatic carbocycles. The van der Waals surface area contributed by atoms with Gasteiger partial charge < -0.3 is 19.5 Å². The Hall–Kier alpha value is -2.57. The lowest BCUT2D eigenvalue weighted by Gasteiger charge is -2.36. The van der Waals surface area contributed by atoms with E-state index in [1.807, 2.05) is 48.5 Å². The number of methoxy groups -OCH3 is 1. The number of carbonyl (C=O) groups is 1. The van der Waals surface area contributed by atoms with Gasteiger partial charge in [-0.25, -0.2) is 0 Å². The van der Waals surface area contributed by atoms with Crippen LogP contribution >= 0.6 is 0 Å². The van der Waals surface area contributed by atoms with Crippen LogP contribution in [0.5, 0.6) is 11.5 Å². The van der Waals surface area contributed by atoms with Gasteiger partial charge in [0.1, 0.15) is 18.1 Å². The molecule has 0 saturated carbocycles. The standard InChI is InChI=1S/C27H36N2O4/c1-21-5-3-4-16-29(21)17-20-33-25-12-8-23(9-13-25)28-26(30)27(14-18-32-19-15-27)22-6-10-24(31-2)11-7-22/h6-13,21H,3-5,14-20H2,1-2H3,(H,28,30)/t21-/m0/s1. The number of carbonyl (C=O) groups excluding carboxylic acids is 1. The molecule has 6 nitrogen and oxygen atoms in total. The van der Waals surface area contributed by atoms with Crippen molar-refractivity contribution in [2.45, 2.75) is 50.5 Å². The molecule has 178 valence electrons. The fourth-order valence-corrected chi connectivity index (χ4v) is 4.93. The zero-order valence-electron chi connectivity index (χ0n) is 19.8. The summed E-state index contributed by atoms with van der Waals surface area (Å²) in [4.78, 5) is 16.0. The molecule has 2 aliphatic rings. The summed E-state index contributed by atoms with van der Waals surface area (Å²) >= 11 is 0. The fraction of sp³-hybridized carbons (Fsp3) is 0.519. The summed E-state index contributed by atoms with van der Waals surface area (Å²) in [7, 11) is 1.65. The van der Waals surface area contributed by atoms with Gasteiger partial charge in [-0.15, -0.1) is 0 Å². The highest BCUT2D eigenvalue weighted by molar-refractivity contribution is 5.99. The SMILES string of the molecule is COc1ccc(C2(C(=O)Nc3ccc(OCCN4CCCC[C@@H]4C)cc3)CCOCC2)cc1. The Morgan fingerprint density at radius 3 is 2.42 bits per heavy atom. The van der Waals surface area contributed by atoms with Gasteiger partial charge in [-0.2, -0.15) is 0 Å². The first-order valence-corrected chi connectivity index (χ1v) is 12.1. The van der Waals surface area contributed by atoms with Crippen LogP contribution in [0.2, 0.25) is 0 Å². The summed E-state index contributed by atoms with van der Waals surface area (Å²) in [5, 5.41) is 3.13. The maximum atomic E-state index is 13.5. The Bertz CT molecular complexity index is 891. The van der Waals surface area contributed by atoms with Crippen molar-refractivity contribution in [2.24, 2.45) is 0 Å². The summed E-state index contributed by atoms with van der Waals surface area (Å²) in [6, 6.07) is 16.1. The van der Waals surface area contributed by atoms with Gasteiger partial charge in [-0.1, -0.05) is 18.6 Å². The highest BCUT2D eigenvalue weighted by Crippen LogP contribution is 2.37. The zero-order valence-corrected chi connectivity index (χ0v) is 19.8. The van der Waals surface area contributed by atoms with Crippen LogP contribution in [0.25, 0.3) is 0 Å². The number of amides is 1. The number of benzene rings is 2. The van der Waals surface area contributed by atoms with Crippen molar-refractivity contribution in [1.82, 2.24) is 4.90 Å². The second-order valence-electron chi connectivity index (χ2n) is 9.13. The molecule has 0 unspecified atom stereocenters. The molecule has 1 amide bonds. The largest absolute Gasteiger partial charge is 0.497 e.